The van der Waals surface area contributed by atoms with Crippen LogP contribution in [0.2, 0.25) is 0 Å². The molecule has 0 amide bonds. The van der Waals surface area contributed by atoms with Crippen molar-refractivity contribution in [3.63, 3.8) is 0 Å². The van der Waals surface area contributed by atoms with Gasteiger partial charge in [0.05, 0.1) is 6.10 Å². The molecule has 0 aliphatic heterocycles. The van der Waals surface area contributed by atoms with Gasteiger partial charge in [0.2, 0.25) is 0 Å². The van der Waals surface area contributed by atoms with Crippen LogP contribution in [0, 0.1) is 6.92 Å². The van der Waals surface area contributed by atoms with Gasteiger partial charge in [-0.3, -0.25) is 4.79 Å². The van der Waals surface area contributed by atoms with Crippen molar-refractivity contribution in [3.8, 4) is 0 Å². The van der Waals surface area contributed by atoms with Crippen LogP contribution in [-0.2, 0) is 11.3 Å². The van der Waals surface area contributed by atoms with Crippen molar-refractivity contribution in [1.82, 2.24) is 4.57 Å². The molecule has 1 aromatic rings. The normalized spacial score (nSPS) is 12.7. The van der Waals surface area contributed by atoms with Gasteiger partial charge < -0.3 is 15.0 Å². The molecular formula is C12H20N2O2. The van der Waals surface area contributed by atoms with Crippen molar-refractivity contribution < 1.29 is 4.74 Å². The largest absolute Gasteiger partial charge is 0.377 e. The van der Waals surface area contributed by atoms with Crippen LogP contribution < -0.4 is 11.3 Å². The minimum Gasteiger partial charge on any atom is -0.377 e. The Balaban J connectivity index is 2.60. The van der Waals surface area contributed by atoms with Gasteiger partial charge in [-0.2, -0.15) is 0 Å². The van der Waals surface area contributed by atoms with E-state index in [0.717, 1.165) is 12.0 Å². The summed E-state index contributed by atoms with van der Waals surface area (Å²) in [4.78, 5) is 11.7. The monoisotopic (exact) mass is 224 g/mol. The van der Waals surface area contributed by atoms with Gasteiger partial charge in [0.25, 0.3) is 5.56 Å². The molecule has 0 bridgehead atoms. The SMILES string of the molecule is CCOC(CN)CCn1cccc(C)c1=O. The molecule has 4 heteroatoms. The summed E-state index contributed by atoms with van der Waals surface area (Å²) in [6.45, 7) is 5.57. The highest BCUT2D eigenvalue weighted by Gasteiger charge is 2.06. The molecule has 1 unspecified atom stereocenters. The second kappa shape index (κ2) is 6.45. The molecule has 0 spiro atoms. The minimum absolute atomic E-state index is 0.0393. The van der Waals surface area contributed by atoms with Crippen LogP contribution in [0.4, 0.5) is 0 Å². The molecule has 1 heterocycles. The number of ether oxygens (including phenoxy) is 1. The Morgan fingerprint density at radius 3 is 2.94 bits per heavy atom. The second-order valence-corrected chi connectivity index (χ2v) is 3.79. The van der Waals surface area contributed by atoms with Gasteiger partial charge in [-0.25, -0.2) is 0 Å². The van der Waals surface area contributed by atoms with Gasteiger partial charge in [0, 0.05) is 31.5 Å². The highest BCUT2D eigenvalue weighted by Crippen LogP contribution is 1.99. The average Bonchev–Trinajstić information content (AvgIpc) is 2.29. The van der Waals surface area contributed by atoms with E-state index < -0.39 is 0 Å². The van der Waals surface area contributed by atoms with Crippen molar-refractivity contribution in [3.05, 3.63) is 34.2 Å². The number of rotatable bonds is 6. The van der Waals surface area contributed by atoms with E-state index in [-0.39, 0.29) is 11.7 Å². The third kappa shape index (κ3) is 3.47. The summed E-state index contributed by atoms with van der Waals surface area (Å²) in [7, 11) is 0. The van der Waals surface area contributed by atoms with Crippen LogP contribution in [0.5, 0.6) is 0 Å². The molecule has 16 heavy (non-hydrogen) atoms. The van der Waals surface area contributed by atoms with Crippen LogP contribution in [0.3, 0.4) is 0 Å². The fourth-order valence-corrected chi connectivity index (χ4v) is 1.62. The number of hydrogen-bond donors (Lipinski definition) is 1. The number of aromatic nitrogens is 1. The maximum Gasteiger partial charge on any atom is 0.253 e. The molecular weight excluding hydrogens is 204 g/mol. The summed E-state index contributed by atoms with van der Waals surface area (Å²) < 4.78 is 7.15. The lowest BCUT2D eigenvalue weighted by atomic mass is 10.2. The van der Waals surface area contributed by atoms with E-state index in [1.807, 2.05) is 26.0 Å². The van der Waals surface area contributed by atoms with E-state index in [1.54, 1.807) is 10.8 Å². The molecule has 2 N–H and O–H groups in total. The summed E-state index contributed by atoms with van der Waals surface area (Å²) in [6.07, 6.45) is 2.61. The Kier molecular flexibility index (Phi) is 5.22. The molecule has 0 aliphatic rings. The van der Waals surface area contributed by atoms with Gasteiger partial charge in [0.15, 0.2) is 0 Å². The molecule has 0 saturated carbocycles. The fraction of sp³-hybridized carbons (Fsp3) is 0.583. The van der Waals surface area contributed by atoms with E-state index in [1.165, 1.54) is 0 Å². The number of nitrogens with two attached hydrogens (primary N) is 1. The fourth-order valence-electron chi connectivity index (χ4n) is 1.62. The number of pyridine rings is 1. The Bertz CT molecular complexity index is 374. The van der Waals surface area contributed by atoms with E-state index in [2.05, 4.69) is 0 Å². The predicted molar refractivity (Wildman–Crippen MR) is 64.5 cm³/mol. The molecule has 1 aromatic heterocycles. The standard InChI is InChI=1S/C12H20N2O2/c1-3-16-11(9-13)6-8-14-7-4-5-10(2)12(14)15/h4-5,7,11H,3,6,8-9,13H2,1-2H3. The maximum absolute atomic E-state index is 11.7. The van der Waals surface area contributed by atoms with Crippen molar-refractivity contribution in [2.24, 2.45) is 5.73 Å². The number of hydrogen-bond acceptors (Lipinski definition) is 3. The zero-order valence-electron chi connectivity index (χ0n) is 9.98. The van der Waals surface area contributed by atoms with Crippen molar-refractivity contribution >= 4 is 0 Å². The first-order chi connectivity index (χ1) is 7.69. The zero-order valence-corrected chi connectivity index (χ0v) is 9.98. The number of aryl methyl sites for hydroxylation is 2. The highest BCUT2D eigenvalue weighted by atomic mass is 16.5. The Morgan fingerprint density at radius 1 is 1.56 bits per heavy atom. The van der Waals surface area contributed by atoms with Crippen LogP contribution >= 0.6 is 0 Å². The third-order valence-electron chi connectivity index (χ3n) is 2.57. The van der Waals surface area contributed by atoms with Gasteiger partial charge in [-0.1, -0.05) is 6.07 Å². The molecule has 90 valence electrons. The summed E-state index contributed by atoms with van der Waals surface area (Å²) >= 11 is 0. The van der Waals surface area contributed by atoms with Gasteiger partial charge in [0.1, 0.15) is 0 Å². The molecule has 4 nitrogen and oxygen atoms in total. The lowest BCUT2D eigenvalue weighted by molar-refractivity contribution is 0.0597. The van der Waals surface area contributed by atoms with Gasteiger partial charge in [-0.05, 0) is 26.3 Å². The molecule has 1 rings (SSSR count). The summed E-state index contributed by atoms with van der Waals surface area (Å²) in [5, 5.41) is 0. The Morgan fingerprint density at radius 2 is 2.31 bits per heavy atom. The number of nitrogens with zero attached hydrogens (tertiary/aromatic N) is 1. The molecule has 0 saturated heterocycles. The Labute approximate surface area is 96.0 Å². The summed E-state index contributed by atoms with van der Waals surface area (Å²) in [5.74, 6) is 0. The van der Waals surface area contributed by atoms with Gasteiger partial charge >= 0.3 is 0 Å². The van der Waals surface area contributed by atoms with E-state index in [9.17, 15) is 4.79 Å². The summed E-state index contributed by atoms with van der Waals surface area (Å²) in [6, 6.07) is 3.71. The zero-order chi connectivity index (χ0) is 12.0. The van der Waals surface area contributed by atoms with Crippen LogP contribution in [-0.4, -0.2) is 23.8 Å². The molecule has 0 aliphatic carbocycles. The first-order valence-electron chi connectivity index (χ1n) is 5.66. The minimum atomic E-state index is 0.0393. The molecule has 0 fully saturated rings. The molecule has 0 radical (unpaired) electrons. The molecule has 0 aromatic carbocycles. The Hall–Kier alpha value is -1.13. The van der Waals surface area contributed by atoms with Crippen LogP contribution in [0.15, 0.2) is 23.1 Å². The predicted octanol–water partition coefficient (Wildman–Crippen LogP) is 0.911. The second-order valence-electron chi connectivity index (χ2n) is 3.79. The van der Waals surface area contributed by atoms with Crippen molar-refractivity contribution in [1.29, 1.82) is 0 Å². The summed E-state index contributed by atoms with van der Waals surface area (Å²) in [5.41, 5.74) is 6.41. The van der Waals surface area contributed by atoms with E-state index in [4.69, 9.17) is 10.5 Å². The third-order valence-corrected chi connectivity index (χ3v) is 2.57. The smallest absolute Gasteiger partial charge is 0.253 e. The molecule has 1 atom stereocenters. The average molecular weight is 224 g/mol. The lowest BCUT2D eigenvalue weighted by Gasteiger charge is -2.15. The van der Waals surface area contributed by atoms with E-state index >= 15 is 0 Å². The topological polar surface area (TPSA) is 57.2 Å². The van der Waals surface area contributed by atoms with E-state index in [0.29, 0.717) is 19.7 Å². The van der Waals surface area contributed by atoms with Gasteiger partial charge in [-0.15, -0.1) is 0 Å². The lowest BCUT2D eigenvalue weighted by Crippen LogP contribution is -2.28. The van der Waals surface area contributed by atoms with Crippen molar-refractivity contribution in [2.45, 2.75) is 32.9 Å². The maximum atomic E-state index is 11.7. The quantitative estimate of drug-likeness (QED) is 0.781. The van der Waals surface area contributed by atoms with Crippen LogP contribution in [0.1, 0.15) is 18.9 Å². The first kappa shape index (κ1) is 12.9. The highest BCUT2D eigenvalue weighted by molar-refractivity contribution is 5.07. The van der Waals surface area contributed by atoms with Crippen molar-refractivity contribution in [2.75, 3.05) is 13.2 Å². The van der Waals surface area contributed by atoms with Crippen LogP contribution in [0.25, 0.3) is 0 Å². The first-order valence-corrected chi connectivity index (χ1v) is 5.66.